The number of imidazole rings is 1. The summed E-state index contributed by atoms with van der Waals surface area (Å²) >= 11 is 1.55. The SMILES string of the molecule is CCOC(=O)N1CCN(c2nn3cc(-c4cccnc4)nc3s2)CC1. The molecule has 0 aliphatic carbocycles. The molecule has 4 heterocycles. The van der Waals surface area contributed by atoms with Gasteiger partial charge in [0.15, 0.2) is 0 Å². The Morgan fingerprint density at radius 1 is 1.32 bits per heavy atom. The average Bonchev–Trinajstić information content (AvgIpc) is 3.22. The third-order valence-corrected chi connectivity index (χ3v) is 5.05. The number of fused-ring (bicyclic) bond motifs is 1. The maximum atomic E-state index is 11.8. The number of carbonyl (C=O) groups is 1. The lowest BCUT2D eigenvalue weighted by Gasteiger charge is -2.33. The molecule has 1 fully saturated rings. The van der Waals surface area contributed by atoms with Crippen molar-refractivity contribution < 1.29 is 9.53 Å². The first-order valence-corrected chi connectivity index (χ1v) is 8.99. The Bertz CT molecular complexity index is 838. The lowest BCUT2D eigenvalue weighted by atomic mass is 10.2. The highest BCUT2D eigenvalue weighted by molar-refractivity contribution is 7.20. The van der Waals surface area contributed by atoms with E-state index in [1.807, 2.05) is 25.3 Å². The van der Waals surface area contributed by atoms with Crippen LogP contribution in [0.5, 0.6) is 0 Å². The van der Waals surface area contributed by atoms with Gasteiger partial charge in [0.05, 0.1) is 18.5 Å². The van der Waals surface area contributed by atoms with E-state index < -0.39 is 0 Å². The van der Waals surface area contributed by atoms with Gasteiger partial charge >= 0.3 is 6.09 Å². The molecule has 0 N–H and O–H groups in total. The third kappa shape index (κ3) is 3.14. The van der Waals surface area contributed by atoms with E-state index in [-0.39, 0.29) is 6.09 Å². The molecule has 0 radical (unpaired) electrons. The number of hydrogen-bond donors (Lipinski definition) is 0. The first-order valence-electron chi connectivity index (χ1n) is 8.18. The maximum Gasteiger partial charge on any atom is 0.409 e. The highest BCUT2D eigenvalue weighted by Gasteiger charge is 2.24. The van der Waals surface area contributed by atoms with E-state index in [4.69, 9.17) is 4.74 Å². The summed E-state index contributed by atoms with van der Waals surface area (Å²) in [5, 5.41) is 5.55. The van der Waals surface area contributed by atoms with E-state index in [1.165, 1.54) is 0 Å². The second-order valence-electron chi connectivity index (χ2n) is 5.65. The van der Waals surface area contributed by atoms with Crippen molar-refractivity contribution in [3.63, 3.8) is 0 Å². The summed E-state index contributed by atoms with van der Waals surface area (Å²) in [6.07, 6.45) is 5.22. The summed E-state index contributed by atoms with van der Waals surface area (Å²) in [5.41, 5.74) is 1.84. The summed E-state index contributed by atoms with van der Waals surface area (Å²) in [6.45, 7) is 4.99. The molecular formula is C16H18N6O2S. The Labute approximate surface area is 148 Å². The molecule has 0 spiro atoms. The van der Waals surface area contributed by atoms with Gasteiger partial charge in [0.25, 0.3) is 0 Å². The van der Waals surface area contributed by atoms with Gasteiger partial charge in [-0.3, -0.25) is 4.98 Å². The second-order valence-corrected chi connectivity index (χ2v) is 6.59. The smallest absolute Gasteiger partial charge is 0.409 e. The summed E-state index contributed by atoms with van der Waals surface area (Å²) in [7, 11) is 0. The molecule has 0 bridgehead atoms. The van der Waals surface area contributed by atoms with Gasteiger partial charge in [-0.15, -0.1) is 5.10 Å². The summed E-state index contributed by atoms with van der Waals surface area (Å²) in [6, 6.07) is 3.87. The molecule has 1 amide bonds. The average molecular weight is 358 g/mol. The molecule has 0 unspecified atom stereocenters. The van der Waals surface area contributed by atoms with Crippen LogP contribution in [0.3, 0.4) is 0 Å². The quantitative estimate of drug-likeness (QED) is 0.714. The summed E-state index contributed by atoms with van der Waals surface area (Å²) < 4.78 is 6.85. The summed E-state index contributed by atoms with van der Waals surface area (Å²) in [4.78, 5) is 25.3. The number of nitrogens with zero attached hydrogens (tertiary/aromatic N) is 6. The Morgan fingerprint density at radius 2 is 2.16 bits per heavy atom. The van der Waals surface area contributed by atoms with Crippen LogP contribution in [0.1, 0.15) is 6.92 Å². The van der Waals surface area contributed by atoms with E-state index in [1.54, 1.807) is 33.1 Å². The molecule has 0 atom stereocenters. The number of hydrogen-bond acceptors (Lipinski definition) is 7. The number of anilines is 1. The van der Waals surface area contributed by atoms with Gasteiger partial charge in [0.2, 0.25) is 10.1 Å². The van der Waals surface area contributed by atoms with Crippen molar-refractivity contribution in [1.29, 1.82) is 0 Å². The molecule has 130 valence electrons. The van der Waals surface area contributed by atoms with Gasteiger partial charge in [0.1, 0.15) is 0 Å². The Hall–Kier alpha value is -2.68. The minimum Gasteiger partial charge on any atom is -0.450 e. The molecule has 1 aliphatic heterocycles. The number of pyridine rings is 1. The number of amides is 1. The van der Waals surface area contributed by atoms with E-state index in [0.29, 0.717) is 19.7 Å². The largest absolute Gasteiger partial charge is 0.450 e. The highest BCUT2D eigenvalue weighted by atomic mass is 32.1. The number of carbonyl (C=O) groups excluding carboxylic acids is 1. The molecule has 0 saturated carbocycles. The van der Waals surface area contributed by atoms with Crippen LogP contribution in [0.15, 0.2) is 30.7 Å². The first kappa shape index (κ1) is 15.8. The van der Waals surface area contributed by atoms with Crippen molar-refractivity contribution in [2.45, 2.75) is 6.92 Å². The first-order chi connectivity index (χ1) is 12.2. The maximum absolute atomic E-state index is 11.8. The topological polar surface area (TPSA) is 75.9 Å². The predicted molar refractivity (Wildman–Crippen MR) is 94.9 cm³/mol. The molecule has 3 aromatic heterocycles. The monoisotopic (exact) mass is 358 g/mol. The molecule has 25 heavy (non-hydrogen) atoms. The fourth-order valence-electron chi connectivity index (χ4n) is 2.77. The Morgan fingerprint density at radius 3 is 2.84 bits per heavy atom. The van der Waals surface area contributed by atoms with Crippen LogP contribution < -0.4 is 4.90 Å². The Balaban J connectivity index is 1.46. The van der Waals surface area contributed by atoms with Gasteiger partial charge in [0, 0.05) is 44.1 Å². The van der Waals surface area contributed by atoms with Gasteiger partial charge in [-0.25, -0.2) is 14.3 Å². The molecule has 3 aromatic rings. The third-order valence-electron chi connectivity index (χ3n) is 4.07. The molecule has 1 saturated heterocycles. The van der Waals surface area contributed by atoms with Gasteiger partial charge in [-0.1, -0.05) is 11.3 Å². The van der Waals surface area contributed by atoms with Crippen LogP contribution >= 0.6 is 11.3 Å². The molecule has 0 aromatic carbocycles. The van der Waals surface area contributed by atoms with Crippen LogP contribution in [0.25, 0.3) is 16.2 Å². The molecule has 1 aliphatic rings. The van der Waals surface area contributed by atoms with Crippen LogP contribution in [0, 0.1) is 0 Å². The van der Waals surface area contributed by atoms with Crippen molar-refractivity contribution in [3.05, 3.63) is 30.7 Å². The predicted octanol–water partition coefficient (Wildman–Crippen LogP) is 2.13. The van der Waals surface area contributed by atoms with E-state index in [9.17, 15) is 4.79 Å². The minimum atomic E-state index is -0.239. The lowest BCUT2D eigenvalue weighted by molar-refractivity contribution is 0.105. The molecule has 8 nitrogen and oxygen atoms in total. The van der Waals surface area contributed by atoms with Crippen LogP contribution in [-0.2, 0) is 4.74 Å². The van der Waals surface area contributed by atoms with E-state index in [0.717, 1.165) is 34.4 Å². The normalized spacial score (nSPS) is 14.9. The van der Waals surface area contributed by atoms with Crippen LogP contribution in [0.4, 0.5) is 9.93 Å². The van der Waals surface area contributed by atoms with Crippen LogP contribution in [0.2, 0.25) is 0 Å². The highest BCUT2D eigenvalue weighted by Crippen LogP contribution is 2.27. The van der Waals surface area contributed by atoms with E-state index in [2.05, 4.69) is 20.0 Å². The molecule has 9 heteroatoms. The summed E-state index contributed by atoms with van der Waals surface area (Å²) in [5.74, 6) is 0. The minimum absolute atomic E-state index is 0.239. The second kappa shape index (κ2) is 6.67. The van der Waals surface area contributed by atoms with Gasteiger partial charge in [-0.2, -0.15) is 0 Å². The number of rotatable bonds is 3. The van der Waals surface area contributed by atoms with Gasteiger partial charge < -0.3 is 14.5 Å². The Kier molecular flexibility index (Phi) is 4.22. The number of ether oxygens (including phenoxy) is 1. The van der Waals surface area contributed by atoms with Crippen molar-refractivity contribution in [3.8, 4) is 11.3 Å². The number of aromatic nitrogens is 4. The van der Waals surface area contributed by atoms with Gasteiger partial charge in [-0.05, 0) is 19.1 Å². The zero-order valence-electron chi connectivity index (χ0n) is 13.8. The fourth-order valence-corrected chi connectivity index (χ4v) is 3.70. The van der Waals surface area contributed by atoms with Crippen molar-refractivity contribution >= 4 is 27.5 Å². The van der Waals surface area contributed by atoms with E-state index >= 15 is 0 Å². The fraction of sp³-hybridized carbons (Fsp3) is 0.375. The lowest BCUT2D eigenvalue weighted by Crippen LogP contribution is -2.49. The van der Waals surface area contributed by atoms with Crippen molar-refractivity contribution in [2.24, 2.45) is 0 Å². The zero-order chi connectivity index (χ0) is 17.2. The number of piperazine rings is 1. The standard InChI is InChI=1S/C16H18N6O2S/c1-2-24-16(23)21-8-6-20(7-9-21)15-19-22-11-13(18-14(22)25-15)12-4-3-5-17-10-12/h3-5,10-11H,2,6-9H2,1H3. The molecule has 4 rings (SSSR count). The van der Waals surface area contributed by atoms with Crippen molar-refractivity contribution in [1.82, 2.24) is 24.5 Å². The zero-order valence-corrected chi connectivity index (χ0v) is 14.6. The van der Waals surface area contributed by atoms with Crippen molar-refractivity contribution in [2.75, 3.05) is 37.7 Å². The molecular weight excluding hydrogens is 340 g/mol. The van der Waals surface area contributed by atoms with Crippen LogP contribution in [-0.4, -0.2) is 63.4 Å².